The Bertz CT molecular complexity index is 1170. The Morgan fingerprint density at radius 1 is 1.06 bits per heavy atom. The highest BCUT2D eigenvalue weighted by atomic mass is 16.5. The van der Waals surface area contributed by atoms with Crippen LogP contribution in [-0.2, 0) is 16.1 Å². The van der Waals surface area contributed by atoms with E-state index in [4.69, 9.17) is 14.2 Å². The lowest BCUT2D eigenvalue weighted by molar-refractivity contribution is -0.132. The molecule has 0 radical (unpaired) electrons. The molecule has 0 saturated carbocycles. The van der Waals surface area contributed by atoms with Crippen LogP contribution in [0.3, 0.4) is 0 Å². The molecule has 7 heteroatoms. The number of para-hydroxylation sites is 1. The Morgan fingerprint density at radius 2 is 1.88 bits per heavy atom. The summed E-state index contributed by atoms with van der Waals surface area (Å²) in [6.07, 6.45) is 4.43. The van der Waals surface area contributed by atoms with Crippen molar-refractivity contribution in [1.29, 1.82) is 0 Å². The van der Waals surface area contributed by atoms with Crippen molar-refractivity contribution >= 4 is 22.8 Å². The maximum absolute atomic E-state index is 13.4. The summed E-state index contributed by atoms with van der Waals surface area (Å²) < 4.78 is 18.4. The summed E-state index contributed by atoms with van der Waals surface area (Å²) in [5.41, 5.74) is 2.37. The molecule has 0 N–H and O–H groups in total. The third-order valence-corrected chi connectivity index (χ3v) is 6.23. The van der Waals surface area contributed by atoms with Crippen molar-refractivity contribution < 1.29 is 23.8 Å². The van der Waals surface area contributed by atoms with Gasteiger partial charge in [0.2, 0.25) is 5.91 Å². The number of rotatable bonds is 4. The minimum Gasteiger partial charge on any atom is -0.490 e. The van der Waals surface area contributed by atoms with E-state index in [1.165, 1.54) is 7.11 Å². The molecular weight excluding hydrogens is 408 g/mol. The number of benzene rings is 2. The number of carbonyl (C=O) groups excluding carboxylic acids is 2. The van der Waals surface area contributed by atoms with E-state index < -0.39 is 5.97 Å². The van der Waals surface area contributed by atoms with E-state index in [9.17, 15) is 9.59 Å². The Balaban J connectivity index is 1.40. The number of carbonyl (C=O) groups is 2. The van der Waals surface area contributed by atoms with Crippen LogP contribution in [0.5, 0.6) is 11.5 Å². The van der Waals surface area contributed by atoms with Gasteiger partial charge in [-0.05, 0) is 36.6 Å². The molecule has 1 aromatic heterocycles. The standard InChI is InChI=1S/C25H26N2O5/c1-30-25(29)19-15-26(21-7-3-2-6-18(19)21)16-24(28)27-11-4-8-20(27)17-9-10-22-23(14-17)32-13-5-12-31-22/h2-3,6-7,9-10,14-15,20H,4-5,8,11-13,16H2,1H3. The summed E-state index contributed by atoms with van der Waals surface area (Å²) in [6, 6.07) is 13.6. The lowest BCUT2D eigenvalue weighted by Gasteiger charge is -2.26. The molecule has 7 nitrogen and oxygen atoms in total. The van der Waals surface area contributed by atoms with Crippen molar-refractivity contribution in [3.8, 4) is 11.5 Å². The van der Waals surface area contributed by atoms with E-state index >= 15 is 0 Å². The van der Waals surface area contributed by atoms with Crippen molar-refractivity contribution in [3.63, 3.8) is 0 Å². The van der Waals surface area contributed by atoms with E-state index in [1.54, 1.807) is 6.20 Å². The number of ether oxygens (including phenoxy) is 3. The fourth-order valence-electron chi connectivity index (χ4n) is 4.69. The monoisotopic (exact) mass is 434 g/mol. The van der Waals surface area contributed by atoms with Gasteiger partial charge < -0.3 is 23.7 Å². The van der Waals surface area contributed by atoms with E-state index in [-0.39, 0.29) is 18.5 Å². The molecule has 1 saturated heterocycles. The summed E-state index contributed by atoms with van der Waals surface area (Å²) in [5, 5.41) is 0.785. The Hall–Kier alpha value is -3.48. The number of methoxy groups -OCH3 is 1. The lowest BCUT2D eigenvalue weighted by atomic mass is 10.0. The Morgan fingerprint density at radius 3 is 2.72 bits per heavy atom. The first-order valence-electron chi connectivity index (χ1n) is 11.0. The molecule has 1 unspecified atom stereocenters. The van der Waals surface area contributed by atoms with Crippen LogP contribution in [-0.4, -0.2) is 48.2 Å². The molecule has 1 fully saturated rings. The van der Waals surface area contributed by atoms with Gasteiger partial charge >= 0.3 is 5.97 Å². The normalized spacial score (nSPS) is 17.9. The van der Waals surface area contributed by atoms with Gasteiger partial charge in [-0.25, -0.2) is 4.79 Å². The van der Waals surface area contributed by atoms with Gasteiger partial charge in [0, 0.05) is 30.1 Å². The minimum absolute atomic E-state index is 0.00144. The van der Waals surface area contributed by atoms with Crippen LogP contribution in [0.1, 0.15) is 41.2 Å². The number of hydrogen-bond acceptors (Lipinski definition) is 5. The number of esters is 1. The molecule has 3 aromatic rings. The third kappa shape index (κ3) is 3.68. The summed E-state index contributed by atoms with van der Waals surface area (Å²) in [4.78, 5) is 27.5. The maximum Gasteiger partial charge on any atom is 0.340 e. The van der Waals surface area contributed by atoms with Crippen LogP contribution in [0.25, 0.3) is 10.9 Å². The van der Waals surface area contributed by atoms with E-state index in [1.807, 2.05) is 51.9 Å². The predicted molar refractivity (Wildman–Crippen MR) is 119 cm³/mol. The molecule has 0 bridgehead atoms. The van der Waals surface area contributed by atoms with Gasteiger partial charge in [-0.3, -0.25) is 4.79 Å². The van der Waals surface area contributed by atoms with Gasteiger partial charge in [-0.1, -0.05) is 24.3 Å². The molecule has 1 atom stereocenters. The summed E-state index contributed by atoms with van der Waals surface area (Å²) in [7, 11) is 1.36. The van der Waals surface area contributed by atoms with Crippen LogP contribution in [0, 0.1) is 0 Å². The van der Waals surface area contributed by atoms with Crippen LogP contribution >= 0.6 is 0 Å². The molecule has 0 spiro atoms. The minimum atomic E-state index is -0.404. The predicted octanol–water partition coefficient (Wildman–Crippen LogP) is 3.95. The first-order valence-corrected chi connectivity index (χ1v) is 11.0. The quantitative estimate of drug-likeness (QED) is 0.582. The van der Waals surface area contributed by atoms with E-state index in [0.717, 1.165) is 47.2 Å². The molecule has 0 aliphatic carbocycles. The van der Waals surface area contributed by atoms with Crippen molar-refractivity contribution in [2.24, 2.45) is 0 Å². The average molecular weight is 434 g/mol. The van der Waals surface area contributed by atoms with E-state index in [0.29, 0.717) is 25.3 Å². The Kier molecular flexibility index (Phi) is 5.47. The van der Waals surface area contributed by atoms with Crippen molar-refractivity contribution in [3.05, 3.63) is 59.8 Å². The van der Waals surface area contributed by atoms with Gasteiger partial charge in [-0.2, -0.15) is 0 Å². The average Bonchev–Trinajstić information content (AvgIpc) is 3.37. The maximum atomic E-state index is 13.4. The second kappa shape index (κ2) is 8.57. The molecule has 2 aromatic carbocycles. The molecule has 2 aliphatic heterocycles. The molecule has 32 heavy (non-hydrogen) atoms. The number of aromatic nitrogens is 1. The molecular formula is C25H26N2O5. The zero-order valence-electron chi connectivity index (χ0n) is 18.1. The fourth-order valence-corrected chi connectivity index (χ4v) is 4.69. The van der Waals surface area contributed by atoms with Gasteiger partial charge in [0.1, 0.15) is 6.54 Å². The summed E-state index contributed by atoms with van der Waals surface area (Å²) in [6.45, 7) is 2.16. The first-order chi connectivity index (χ1) is 15.7. The van der Waals surface area contributed by atoms with Crippen molar-refractivity contribution in [2.75, 3.05) is 26.9 Å². The zero-order chi connectivity index (χ0) is 22.1. The van der Waals surface area contributed by atoms with Crippen LogP contribution < -0.4 is 9.47 Å². The second-order valence-electron chi connectivity index (χ2n) is 8.18. The lowest BCUT2D eigenvalue weighted by Crippen LogP contribution is -2.33. The number of fused-ring (bicyclic) bond motifs is 2. The van der Waals surface area contributed by atoms with Crippen LogP contribution in [0.4, 0.5) is 0 Å². The van der Waals surface area contributed by atoms with Crippen LogP contribution in [0.2, 0.25) is 0 Å². The smallest absolute Gasteiger partial charge is 0.340 e. The summed E-state index contributed by atoms with van der Waals surface area (Å²) in [5.74, 6) is 1.13. The number of amides is 1. The zero-order valence-corrected chi connectivity index (χ0v) is 18.1. The highest BCUT2D eigenvalue weighted by Crippen LogP contribution is 2.38. The van der Waals surface area contributed by atoms with Gasteiger partial charge in [0.15, 0.2) is 11.5 Å². The SMILES string of the molecule is COC(=O)c1cn(CC(=O)N2CCCC2c2ccc3c(c2)OCCCO3)c2ccccc12. The van der Waals surface area contributed by atoms with Gasteiger partial charge in [0.25, 0.3) is 0 Å². The topological polar surface area (TPSA) is 70.0 Å². The van der Waals surface area contributed by atoms with Crippen LogP contribution in [0.15, 0.2) is 48.7 Å². The second-order valence-corrected chi connectivity index (χ2v) is 8.18. The molecule has 1 amide bonds. The largest absolute Gasteiger partial charge is 0.490 e. The number of nitrogens with zero attached hydrogens (tertiary/aromatic N) is 2. The highest BCUT2D eigenvalue weighted by molar-refractivity contribution is 6.04. The van der Waals surface area contributed by atoms with Crippen molar-refractivity contribution in [2.45, 2.75) is 31.8 Å². The first kappa shape index (κ1) is 20.4. The fraction of sp³-hybridized carbons (Fsp3) is 0.360. The van der Waals surface area contributed by atoms with E-state index in [2.05, 4.69) is 0 Å². The number of hydrogen-bond donors (Lipinski definition) is 0. The van der Waals surface area contributed by atoms with Gasteiger partial charge in [0.05, 0.1) is 31.9 Å². The highest BCUT2D eigenvalue weighted by Gasteiger charge is 2.31. The van der Waals surface area contributed by atoms with Crippen molar-refractivity contribution in [1.82, 2.24) is 9.47 Å². The molecule has 3 heterocycles. The third-order valence-electron chi connectivity index (χ3n) is 6.23. The summed E-state index contributed by atoms with van der Waals surface area (Å²) >= 11 is 0. The number of likely N-dealkylation sites (tertiary alicyclic amines) is 1. The Labute approximate surface area is 186 Å². The van der Waals surface area contributed by atoms with Gasteiger partial charge in [-0.15, -0.1) is 0 Å². The molecule has 2 aliphatic rings. The molecule has 5 rings (SSSR count). The molecule has 166 valence electrons.